The lowest BCUT2D eigenvalue weighted by Crippen LogP contribution is -2.30. The van der Waals surface area contributed by atoms with Crippen LogP contribution in [0.2, 0.25) is 0 Å². The molecular weight excluding hydrogens is 482 g/mol. The van der Waals surface area contributed by atoms with Crippen LogP contribution in [0, 0.1) is 19.3 Å². The molecule has 0 amide bonds. The van der Waals surface area contributed by atoms with Crippen LogP contribution >= 0.6 is 0 Å². The van der Waals surface area contributed by atoms with Crippen LogP contribution in [-0.2, 0) is 20.3 Å². The van der Waals surface area contributed by atoms with Crippen LogP contribution in [0.3, 0.4) is 0 Å². The Morgan fingerprint density at radius 2 is 1.78 bits per heavy atom. The molecule has 11 nitrogen and oxygen atoms in total. The highest BCUT2D eigenvalue weighted by atomic mass is 32.2. The Morgan fingerprint density at radius 1 is 1.08 bits per heavy atom. The van der Waals surface area contributed by atoms with Crippen molar-refractivity contribution in [1.82, 2.24) is 34.7 Å². The molecule has 0 radical (unpaired) electrons. The highest BCUT2D eigenvalue weighted by molar-refractivity contribution is 7.91. The van der Waals surface area contributed by atoms with Crippen LogP contribution in [0.5, 0.6) is 5.88 Å². The fraction of sp³-hybridized carbons (Fsp3) is 0.583. The summed E-state index contributed by atoms with van der Waals surface area (Å²) in [6.07, 6.45) is 8.43. The Labute approximate surface area is 210 Å². The molecule has 3 heterocycles. The molecule has 2 aliphatic rings. The molecule has 192 valence electrons. The fourth-order valence-electron chi connectivity index (χ4n) is 5.09. The highest BCUT2D eigenvalue weighted by Gasteiger charge is 2.54. The predicted molar refractivity (Wildman–Crippen MR) is 130 cm³/mol. The van der Waals surface area contributed by atoms with Gasteiger partial charge in [0.05, 0.1) is 18.1 Å². The summed E-state index contributed by atoms with van der Waals surface area (Å²) >= 11 is 0. The third kappa shape index (κ3) is 4.36. The smallest absolute Gasteiger partial charge is 0.241 e. The second kappa shape index (κ2) is 9.15. The number of ether oxygens (including phenoxy) is 2. The van der Waals surface area contributed by atoms with Gasteiger partial charge in [0, 0.05) is 25.4 Å². The van der Waals surface area contributed by atoms with Crippen molar-refractivity contribution in [1.29, 1.82) is 0 Å². The normalized spacial score (nSPS) is 18.6. The van der Waals surface area contributed by atoms with Crippen molar-refractivity contribution in [3.63, 3.8) is 0 Å². The van der Waals surface area contributed by atoms with Gasteiger partial charge in [-0.05, 0) is 57.4 Å². The predicted octanol–water partition coefficient (Wildman–Crippen LogP) is 2.82. The van der Waals surface area contributed by atoms with Gasteiger partial charge in [-0.3, -0.25) is 4.57 Å². The summed E-state index contributed by atoms with van der Waals surface area (Å²) in [4.78, 5) is 17.2. The minimum atomic E-state index is -3.77. The van der Waals surface area contributed by atoms with E-state index in [4.69, 9.17) is 9.47 Å². The van der Waals surface area contributed by atoms with Gasteiger partial charge in [-0.1, -0.05) is 0 Å². The van der Waals surface area contributed by atoms with Crippen molar-refractivity contribution in [2.45, 2.75) is 69.5 Å². The maximum atomic E-state index is 13.7. The molecule has 0 aliphatic heterocycles. The second-order valence-electron chi connectivity index (χ2n) is 10.0. The van der Waals surface area contributed by atoms with Gasteiger partial charge in [0.1, 0.15) is 29.7 Å². The molecule has 36 heavy (non-hydrogen) atoms. The largest absolute Gasteiger partial charge is 0.479 e. The fourth-order valence-corrected chi connectivity index (χ4v) is 6.51. The lowest BCUT2D eigenvalue weighted by atomic mass is 9.71. The Bertz CT molecular complexity index is 1360. The first-order valence-corrected chi connectivity index (χ1v) is 13.7. The first-order chi connectivity index (χ1) is 17.2. The Balaban J connectivity index is 1.52. The Morgan fingerprint density at radius 3 is 2.39 bits per heavy atom. The van der Waals surface area contributed by atoms with E-state index in [9.17, 15) is 8.42 Å². The number of methoxy groups -OCH3 is 2. The molecule has 3 aromatic heterocycles. The lowest BCUT2D eigenvalue weighted by Gasteiger charge is -2.35. The minimum absolute atomic E-state index is 0.200. The molecule has 2 aliphatic carbocycles. The summed E-state index contributed by atoms with van der Waals surface area (Å²) in [5.41, 5.74) is 2.54. The number of rotatable bonds is 9. The van der Waals surface area contributed by atoms with Crippen molar-refractivity contribution >= 4 is 9.84 Å². The molecule has 2 atom stereocenters. The van der Waals surface area contributed by atoms with Crippen LogP contribution in [0.4, 0.5) is 0 Å². The molecule has 5 rings (SSSR count). The Kier molecular flexibility index (Phi) is 6.27. The number of aryl methyl sites for hydroxylation is 2. The molecule has 2 fully saturated rings. The lowest BCUT2D eigenvalue weighted by molar-refractivity contribution is 0.0947. The zero-order valence-electron chi connectivity index (χ0n) is 21.2. The number of aromatic nitrogens is 7. The summed E-state index contributed by atoms with van der Waals surface area (Å²) < 4.78 is 40.2. The molecule has 12 heteroatoms. The minimum Gasteiger partial charge on any atom is -0.479 e. The molecule has 0 N–H and O–H groups in total. The van der Waals surface area contributed by atoms with Crippen molar-refractivity contribution in [3.05, 3.63) is 47.5 Å². The SMILES string of the molecule is COc1ncnc(C)c1-n1c(CS(=O)(=O)[C@@H](C)[C@H](OC)c2ncc(C)cn2)nnc1C1CC2(CC2)C1. The first-order valence-electron chi connectivity index (χ1n) is 12.0. The quantitative estimate of drug-likeness (QED) is 0.420. The van der Waals surface area contributed by atoms with E-state index in [0.29, 0.717) is 34.3 Å². The van der Waals surface area contributed by atoms with Crippen LogP contribution in [0.25, 0.3) is 5.69 Å². The summed E-state index contributed by atoms with van der Waals surface area (Å²) in [7, 11) is -0.780. The molecule has 0 aromatic carbocycles. The van der Waals surface area contributed by atoms with E-state index < -0.39 is 21.2 Å². The van der Waals surface area contributed by atoms with Gasteiger partial charge in [-0.15, -0.1) is 10.2 Å². The zero-order valence-corrected chi connectivity index (χ0v) is 22.0. The first kappa shape index (κ1) is 24.7. The summed E-state index contributed by atoms with van der Waals surface area (Å²) in [5, 5.41) is 7.93. The third-order valence-electron chi connectivity index (χ3n) is 7.46. The van der Waals surface area contributed by atoms with Crippen molar-refractivity contribution in [2.24, 2.45) is 5.41 Å². The zero-order chi connectivity index (χ0) is 25.7. The van der Waals surface area contributed by atoms with E-state index in [1.165, 1.54) is 33.4 Å². The average Bonchev–Trinajstić information content (AvgIpc) is 3.55. The van der Waals surface area contributed by atoms with Crippen LogP contribution in [0.15, 0.2) is 18.7 Å². The van der Waals surface area contributed by atoms with E-state index in [1.54, 1.807) is 23.9 Å². The van der Waals surface area contributed by atoms with Gasteiger partial charge < -0.3 is 9.47 Å². The summed E-state index contributed by atoms with van der Waals surface area (Å²) in [6, 6.07) is 0. The standard InChI is InChI=1S/C24H31N7O4S/c1-14-10-25-21(26-11-14)20(34-4)16(3)36(32,33)12-18-29-30-22(17-8-24(9-17)6-7-24)31(18)19-15(2)27-13-28-23(19)35-5/h10-11,13,16-17,20H,6-9,12H2,1-5H3/t16-,20-/m0/s1. The van der Waals surface area contributed by atoms with Crippen LogP contribution in [0.1, 0.15) is 73.4 Å². The van der Waals surface area contributed by atoms with Crippen LogP contribution in [-0.4, -0.2) is 62.6 Å². The number of nitrogens with zero attached hydrogens (tertiary/aromatic N) is 7. The van der Waals surface area contributed by atoms with Gasteiger partial charge in [-0.25, -0.2) is 23.4 Å². The van der Waals surface area contributed by atoms with Gasteiger partial charge in [0.2, 0.25) is 5.88 Å². The maximum Gasteiger partial charge on any atom is 0.241 e. The summed E-state index contributed by atoms with van der Waals surface area (Å²) in [6.45, 7) is 5.31. The Hall–Kier alpha value is -2.99. The van der Waals surface area contributed by atoms with Gasteiger partial charge in [0.25, 0.3) is 0 Å². The topological polar surface area (TPSA) is 135 Å². The van der Waals surface area contributed by atoms with E-state index >= 15 is 0 Å². The molecule has 2 saturated carbocycles. The molecule has 0 unspecified atom stereocenters. The average molecular weight is 514 g/mol. The number of hydrogen-bond acceptors (Lipinski definition) is 10. The molecule has 1 spiro atoms. The number of sulfone groups is 1. The molecular formula is C24H31N7O4S. The van der Waals surface area contributed by atoms with Crippen molar-refractivity contribution < 1.29 is 17.9 Å². The van der Waals surface area contributed by atoms with Gasteiger partial charge in [0.15, 0.2) is 21.5 Å². The number of hydrogen-bond donors (Lipinski definition) is 0. The van der Waals surface area contributed by atoms with E-state index in [-0.39, 0.29) is 11.7 Å². The van der Waals surface area contributed by atoms with Crippen LogP contribution < -0.4 is 4.74 Å². The summed E-state index contributed by atoms with van der Waals surface area (Å²) in [5.74, 6) is 1.54. The highest BCUT2D eigenvalue weighted by Crippen LogP contribution is 2.66. The van der Waals surface area contributed by atoms with Crippen molar-refractivity contribution in [2.75, 3.05) is 14.2 Å². The second-order valence-corrected chi connectivity index (χ2v) is 12.4. The van der Waals surface area contributed by atoms with E-state index in [2.05, 4.69) is 30.1 Å². The van der Waals surface area contributed by atoms with Crippen molar-refractivity contribution in [3.8, 4) is 11.6 Å². The van der Waals surface area contributed by atoms with Gasteiger partial charge in [-0.2, -0.15) is 4.98 Å². The molecule has 0 bridgehead atoms. The van der Waals surface area contributed by atoms with Gasteiger partial charge >= 0.3 is 0 Å². The molecule has 3 aromatic rings. The van der Waals surface area contributed by atoms with E-state index in [1.807, 2.05) is 13.8 Å². The third-order valence-corrected chi connectivity index (χ3v) is 9.50. The molecule has 0 saturated heterocycles. The maximum absolute atomic E-state index is 13.7. The monoisotopic (exact) mass is 513 g/mol. The van der Waals surface area contributed by atoms with E-state index in [0.717, 1.165) is 24.2 Å².